The van der Waals surface area contributed by atoms with Gasteiger partial charge in [0.25, 0.3) is 0 Å². The van der Waals surface area contributed by atoms with E-state index in [1.54, 1.807) is 38.5 Å². The second-order valence-electron chi connectivity index (χ2n) is 1.48. The minimum Gasteiger partial charge on any atom is -0.359 e. The summed E-state index contributed by atoms with van der Waals surface area (Å²) >= 11 is 0. The highest BCUT2D eigenvalue weighted by Gasteiger charge is 1.96. The number of hydrogen-bond acceptors (Lipinski definition) is 4. The zero-order valence-electron chi connectivity index (χ0n) is 6.05. The lowest BCUT2D eigenvalue weighted by atomic mass is 10.5. The number of carbonyl (C=O) groups excluding carboxylic acids is 1. The molecule has 1 N–H and O–H groups in total. The van der Waals surface area contributed by atoms with Crippen molar-refractivity contribution in [1.82, 2.24) is 5.32 Å². The van der Waals surface area contributed by atoms with E-state index in [2.05, 4.69) is 5.32 Å². The monoisotopic (exact) mass is 197 g/mol. The van der Waals surface area contributed by atoms with Crippen LogP contribution in [0.2, 0.25) is 0 Å². The van der Waals surface area contributed by atoms with E-state index in [9.17, 15) is 4.79 Å². The normalized spacial score (nSPS) is 9.40. The van der Waals surface area contributed by atoms with Gasteiger partial charge in [-0.05, 0) is 16.1 Å². The Morgan fingerprint density at radius 2 is 2.30 bits per heavy atom. The van der Waals surface area contributed by atoms with E-state index in [0.29, 0.717) is 6.42 Å². The number of amides is 1. The Labute approximate surface area is 73.1 Å². The van der Waals surface area contributed by atoms with E-state index in [1.807, 2.05) is 6.26 Å². The van der Waals surface area contributed by atoms with Crippen molar-refractivity contribution < 1.29 is 4.79 Å². The third kappa shape index (κ3) is 6.64. The summed E-state index contributed by atoms with van der Waals surface area (Å²) in [6, 6.07) is 0. The van der Waals surface area contributed by atoms with Gasteiger partial charge in [0.2, 0.25) is 5.91 Å². The maximum atomic E-state index is 10.6. The summed E-state index contributed by atoms with van der Waals surface area (Å²) in [5, 5.41) is 2.57. The quantitative estimate of drug-likeness (QED) is 0.537. The summed E-state index contributed by atoms with van der Waals surface area (Å²) in [7, 11) is 6.80. The van der Waals surface area contributed by atoms with E-state index in [1.165, 1.54) is 0 Å². The number of hydrogen-bond donors (Lipinski definition) is 1. The summed E-state index contributed by atoms with van der Waals surface area (Å²) in [5.41, 5.74) is 0. The summed E-state index contributed by atoms with van der Waals surface area (Å²) in [6.45, 7) is 0. The first-order valence-corrected chi connectivity index (χ1v) is 6.90. The van der Waals surface area contributed by atoms with Crippen LogP contribution < -0.4 is 5.32 Å². The topological polar surface area (TPSA) is 29.1 Å². The molecule has 0 aliphatic carbocycles. The van der Waals surface area contributed by atoms with Crippen LogP contribution in [0.3, 0.4) is 0 Å². The molecular formula is C5H11NOS3. The zero-order chi connectivity index (χ0) is 7.82. The molecule has 0 aromatic rings. The van der Waals surface area contributed by atoms with Gasteiger partial charge in [-0.2, -0.15) is 0 Å². The third-order valence-corrected chi connectivity index (χ3v) is 4.70. The molecule has 0 atom stereocenters. The Balaban J connectivity index is 2.96. The van der Waals surface area contributed by atoms with Crippen LogP contribution in [0.1, 0.15) is 6.42 Å². The smallest absolute Gasteiger partial charge is 0.220 e. The highest BCUT2D eigenvalue weighted by molar-refractivity contribution is 9.09. The highest BCUT2D eigenvalue weighted by Crippen LogP contribution is 2.32. The third-order valence-electron chi connectivity index (χ3n) is 0.807. The van der Waals surface area contributed by atoms with Crippen LogP contribution in [-0.2, 0) is 4.79 Å². The molecule has 0 aromatic carbocycles. The summed E-state index contributed by atoms with van der Waals surface area (Å²) in [6.07, 6.45) is 2.65. The van der Waals surface area contributed by atoms with Crippen molar-refractivity contribution in [2.75, 3.05) is 19.1 Å². The fourth-order valence-corrected chi connectivity index (χ4v) is 3.00. The van der Waals surface area contributed by atoms with Crippen molar-refractivity contribution in [1.29, 1.82) is 0 Å². The van der Waals surface area contributed by atoms with E-state index in [-0.39, 0.29) is 5.91 Å². The van der Waals surface area contributed by atoms with Crippen molar-refractivity contribution in [2.45, 2.75) is 6.42 Å². The van der Waals surface area contributed by atoms with E-state index < -0.39 is 0 Å². The second kappa shape index (κ2) is 7.63. The Hall–Kier alpha value is 0.520. The maximum Gasteiger partial charge on any atom is 0.220 e. The molecule has 0 aliphatic heterocycles. The fraction of sp³-hybridized carbons (Fsp3) is 0.800. The van der Waals surface area contributed by atoms with Crippen molar-refractivity contribution in [2.24, 2.45) is 0 Å². The van der Waals surface area contributed by atoms with Gasteiger partial charge < -0.3 is 5.32 Å². The van der Waals surface area contributed by atoms with Gasteiger partial charge >= 0.3 is 0 Å². The number of nitrogens with one attached hydrogen (secondary N) is 1. The van der Waals surface area contributed by atoms with Crippen LogP contribution in [0.5, 0.6) is 0 Å². The molecule has 0 radical (unpaired) electrons. The van der Waals surface area contributed by atoms with Crippen LogP contribution in [0, 0.1) is 0 Å². The molecule has 0 bridgehead atoms. The van der Waals surface area contributed by atoms with Gasteiger partial charge in [0.1, 0.15) is 0 Å². The molecule has 0 rings (SSSR count). The van der Waals surface area contributed by atoms with Gasteiger partial charge in [-0.15, -0.1) is 0 Å². The van der Waals surface area contributed by atoms with Gasteiger partial charge in [0, 0.05) is 19.2 Å². The average molecular weight is 197 g/mol. The first-order valence-electron chi connectivity index (χ1n) is 2.84. The van der Waals surface area contributed by atoms with Gasteiger partial charge in [0.05, 0.1) is 0 Å². The van der Waals surface area contributed by atoms with Crippen LogP contribution in [0.15, 0.2) is 0 Å². The molecule has 0 aliphatic rings. The highest BCUT2D eigenvalue weighted by atomic mass is 33.5. The van der Waals surface area contributed by atoms with Gasteiger partial charge in [-0.3, -0.25) is 4.79 Å². The van der Waals surface area contributed by atoms with Crippen molar-refractivity contribution in [3.63, 3.8) is 0 Å². The summed E-state index contributed by atoms with van der Waals surface area (Å²) < 4.78 is 0. The van der Waals surface area contributed by atoms with Crippen LogP contribution in [0.25, 0.3) is 0 Å². The SMILES string of the molecule is CNC(=O)CCSSSC. The Bertz CT molecular complexity index is 98.9. The van der Waals surface area contributed by atoms with Crippen LogP contribution in [0.4, 0.5) is 0 Å². The van der Waals surface area contributed by atoms with Crippen molar-refractivity contribution >= 4 is 37.3 Å². The number of carbonyl (C=O) groups is 1. The lowest BCUT2D eigenvalue weighted by Crippen LogP contribution is -2.17. The predicted octanol–water partition coefficient (Wildman–Crippen LogP) is 1.78. The van der Waals surface area contributed by atoms with Gasteiger partial charge in [-0.1, -0.05) is 21.6 Å². The lowest BCUT2D eigenvalue weighted by molar-refractivity contribution is -0.120. The molecule has 0 heterocycles. The molecule has 0 spiro atoms. The first kappa shape index (κ1) is 10.5. The molecule has 5 heteroatoms. The number of rotatable bonds is 5. The summed E-state index contributed by atoms with van der Waals surface area (Å²) in [4.78, 5) is 10.6. The molecule has 0 unspecified atom stereocenters. The Morgan fingerprint density at radius 3 is 2.80 bits per heavy atom. The zero-order valence-corrected chi connectivity index (χ0v) is 8.50. The molecule has 1 amide bonds. The average Bonchev–Trinajstić information content (AvgIpc) is 1.98. The van der Waals surface area contributed by atoms with Crippen LogP contribution >= 0.6 is 31.4 Å². The predicted molar refractivity (Wildman–Crippen MR) is 52.2 cm³/mol. The largest absolute Gasteiger partial charge is 0.359 e. The molecule has 60 valence electrons. The van der Waals surface area contributed by atoms with Crippen molar-refractivity contribution in [3.8, 4) is 0 Å². The minimum absolute atomic E-state index is 0.120. The van der Waals surface area contributed by atoms with E-state index in [0.717, 1.165) is 5.75 Å². The van der Waals surface area contributed by atoms with E-state index in [4.69, 9.17) is 0 Å². The first-order chi connectivity index (χ1) is 4.81. The molecule has 0 saturated carbocycles. The van der Waals surface area contributed by atoms with Crippen molar-refractivity contribution in [3.05, 3.63) is 0 Å². The minimum atomic E-state index is 0.120. The fourth-order valence-electron chi connectivity index (χ4n) is 0.341. The summed E-state index contributed by atoms with van der Waals surface area (Å²) in [5.74, 6) is 1.01. The molecular weight excluding hydrogens is 186 g/mol. The standard InChI is InChI=1S/C5H11NOS3/c1-6-5(7)3-4-9-10-8-2/h3-4H2,1-2H3,(H,6,7). The molecule has 10 heavy (non-hydrogen) atoms. The van der Waals surface area contributed by atoms with Gasteiger partial charge in [0.15, 0.2) is 0 Å². The Morgan fingerprint density at radius 1 is 1.60 bits per heavy atom. The van der Waals surface area contributed by atoms with Gasteiger partial charge in [-0.25, -0.2) is 0 Å². The van der Waals surface area contributed by atoms with E-state index >= 15 is 0 Å². The van der Waals surface area contributed by atoms with Crippen LogP contribution in [-0.4, -0.2) is 25.0 Å². The molecule has 0 saturated heterocycles. The maximum absolute atomic E-state index is 10.6. The lowest BCUT2D eigenvalue weighted by Gasteiger charge is -1.96. The Kier molecular flexibility index (Phi) is 8.02. The molecule has 2 nitrogen and oxygen atoms in total. The molecule has 0 fully saturated rings. The second-order valence-corrected chi connectivity index (χ2v) is 5.93. The molecule has 0 aromatic heterocycles.